The van der Waals surface area contributed by atoms with E-state index in [4.69, 9.17) is 5.73 Å². The zero-order valence-electron chi connectivity index (χ0n) is 11.2. The van der Waals surface area contributed by atoms with E-state index >= 15 is 0 Å². The van der Waals surface area contributed by atoms with E-state index in [2.05, 4.69) is 11.7 Å². The molecule has 1 saturated carbocycles. The van der Waals surface area contributed by atoms with Crippen LogP contribution in [0, 0.1) is 11.8 Å². The summed E-state index contributed by atoms with van der Waals surface area (Å²) in [7, 11) is 0. The van der Waals surface area contributed by atoms with Gasteiger partial charge >= 0.3 is 6.61 Å². The summed E-state index contributed by atoms with van der Waals surface area (Å²) in [6.07, 6.45) is 4.63. The lowest BCUT2D eigenvalue weighted by molar-refractivity contribution is -0.0499. The van der Waals surface area contributed by atoms with Gasteiger partial charge in [-0.2, -0.15) is 8.78 Å². The smallest absolute Gasteiger partial charge is 0.387 e. The Hall–Kier alpha value is -1.16. The molecule has 0 bridgehead atoms. The molecule has 1 aliphatic rings. The van der Waals surface area contributed by atoms with Crippen LogP contribution >= 0.6 is 0 Å². The van der Waals surface area contributed by atoms with E-state index in [-0.39, 0.29) is 11.8 Å². The maximum atomic E-state index is 12.2. The fourth-order valence-electron chi connectivity index (χ4n) is 2.82. The number of halogens is 2. The highest BCUT2D eigenvalue weighted by atomic mass is 19.3. The fraction of sp³-hybridized carbons (Fsp3) is 0.600. The molecule has 0 aromatic heterocycles. The highest BCUT2D eigenvalue weighted by Crippen LogP contribution is 2.36. The van der Waals surface area contributed by atoms with Crippen LogP contribution in [0.4, 0.5) is 8.78 Å². The standard InChI is InChI=1S/C15H21F2NO/c1-10-5-7-11(8-6-10)14(18)12-3-2-4-13(9-12)19-15(16)17/h2-4,9-11,14-15H,5-8,18H2,1H3. The zero-order chi connectivity index (χ0) is 13.8. The minimum atomic E-state index is -2.79. The van der Waals surface area contributed by atoms with Crippen molar-refractivity contribution >= 4 is 0 Å². The van der Waals surface area contributed by atoms with Gasteiger partial charge < -0.3 is 10.5 Å². The van der Waals surface area contributed by atoms with Crippen molar-refractivity contribution in [3.05, 3.63) is 29.8 Å². The molecule has 1 unspecified atom stereocenters. The van der Waals surface area contributed by atoms with E-state index in [0.717, 1.165) is 24.3 Å². The van der Waals surface area contributed by atoms with Gasteiger partial charge in [-0.1, -0.05) is 31.9 Å². The van der Waals surface area contributed by atoms with Crippen molar-refractivity contribution in [1.29, 1.82) is 0 Å². The number of alkyl halides is 2. The first-order chi connectivity index (χ1) is 9.06. The van der Waals surface area contributed by atoms with Gasteiger partial charge in [0.15, 0.2) is 0 Å². The third-order valence-corrected chi connectivity index (χ3v) is 4.04. The van der Waals surface area contributed by atoms with Gasteiger partial charge in [0.2, 0.25) is 0 Å². The Morgan fingerprint density at radius 2 is 1.89 bits per heavy atom. The van der Waals surface area contributed by atoms with Crippen molar-refractivity contribution in [2.75, 3.05) is 0 Å². The number of nitrogens with two attached hydrogens (primary N) is 1. The van der Waals surface area contributed by atoms with Gasteiger partial charge in [-0.05, 0) is 42.4 Å². The predicted molar refractivity (Wildman–Crippen MR) is 71.1 cm³/mol. The average molecular weight is 269 g/mol. The lowest BCUT2D eigenvalue weighted by atomic mass is 9.78. The minimum Gasteiger partial charge on any atom is -0.435 e. The van der Waals surface area contributed by atoms with Crippen LogP contribution in [0.3, 0.4) is 0 Å². The topological polar surface area (TPSA) is 35.2 Å². The first kappa shape index (κ1) is 14.3. The Balaban J connectivity index is 2.04. The Bertz CT molecular complexity index is 403. The van der Waals surface area contributed by atoms with Crippen LogP contribution in [0.2, 0.25) is 0 Å². The van der Waals surface area contributed by atoms with E-state index in [1.54, 1.807) is 12.1 Å². The molecule has 1 aromatic carbocycles. The van der Waals surface area contributed by atoms with Gasteiger partial charge in [-0.25, -0.2) is 0 Å². The van der Waals surface area contributed by atoms with E-state index in [9.17, 15) is 8.78 Å². The molecular formula is C15H21F2NO. The molecule has 1 aliphatic carbocycles. The number of ether oxygens (including phenoxy) is 1. The predicted octanol–water partition coefficient (Wildman–Crippen LogP) is 4.11. The second-order valence-electron chi connectivity index (χ2n) is 5.50. The molecule has 0 spiro atoms. The Kier molecular flexibility index (Phi) is 4.75. The van der Waals surface area contributed by atoms with E-state index in [1.165, 1.54) is 18.9 Å². The second kappa shape index (κ2) is 6.33. The monoisotopic (exact) mass is 269 g/mol. The van der Waals surface area contributed by atoms with Crippen LogP contribution in [0.1, 0.15) is 44.2 Å². The maximum Gasteiger partial charge on any atom is 0.387 e. The molecule has 0 radical (unpaired) electrons. The van der Waals surface area contributed by atoms with Crippen molar-refractivity contribution < 1.29 is 13.5 Å². The summed E-state index contributed by atoms with van der Waals surface area (Å²) in [5.41, 5.74) is 7.16. The van der Waals surface area contributed by atoms with Crippen LogP contribution in [-0.4, -0.2) is 6.61 Å². The van der Waals surface area contributed by atoms with E-state index < -0.39 is 6.61 Å². The average Bonchev–Trinajstić information content (AvgIpc) is 2.38. The van der Waals surface area contributed by atoms with Crippen LogP contribution < -0.4 is 10.5 Å². The minimum absolute atomic E-state index is 0.0891. The molecule has 2 rings (SSSR count). The van der Waals surface area contributed by atoms with Gasteiger partial charge in [0.1, 0.15) is 5.75 Å². The lowest BCUT2D eigenvalue weighted by Gasteiger charge is -2.31. The molecule has 4 heteroatoms. The maximum absolute atomic E-state index is 12.2. The first-order valence-electron chi connectivity index (χ1n) is 6.86. The number of benzene rings is 1. The van der Waals surface area contributed by atoms with Gasteiger partial charge in [-0.15, -0.1) is 0 Å². The Morgan fingerprint density at radius 3 is 2.53 bits per heavy atom. The van der Waals surface area contributed by atoms with Crippen molar-refractivity contribution in [2.24, 2.45) is 17.6 Å². The number of hydrogen-bond donors (Lipinski definition) is 1. The van der Waals surface area contributed by atoms with Gasteiger partial charge in [0.25, 0.3) is 0 Å². The molecule has 0 aliphatic heterocycles. The van der Waals surface area contributed by atoms with Gasteiger partial charge in [0.05, 0.1) is 0 Å². The summed E-state index contributed by atoms with van der Waals surface area (Å²) in [6.45, 7) is -0.527. The molecule has 106 valence electrons. The van der Waals surface area contributed by atoms with Crippen LogP contribution in [0.15, 0.2) is 24.3 Å². The molecule has 0 heterocycles. The zero-order valence-corrected chi connectivity index (χ0v) is 11.2. The first-order valence-corrected chi connectivity index (χ1v) is 6.86. The molecule has 1 fully saturated rings. The molecule has 1 atom stereocenters. The summed E-state index contributed by atoms with van der Waals surface area (Å²) in [6, 6.07) is 6.69. The number of rotatable bonds is 4. The van der Waals surface area contributed by atoms with Crippen LogP contribution in [0.5, 0.6) is 5.75 Å². The summed E-state index contributed by atoms with van der Waals surface area (Å²) in [4.78, 5) is 0. The van der Waals surface area contributed by atoms with Crippen molar-refractivity contribution in [3.8, 4) is 5.75 Å². The Morgan fingerprint density at radius 1 is 1.21 bits per heavy atom. The van der Waals surface area contributed by atoms with E-state index in [0.29, 0.717) is 5.92 Å². The summed E-state index contributed by atoms with van der Waals surface area (Å²) < 4.78 is 28.8. The lowest BCUT2D eigenvalue weighted by Crippen LogP contribution is -2.25. The third-order valence-electron chi connectivity index (χ3n) is 4.04. The molecule has 19 heavy (non-hydrogen) atoms. The number of hydrogen-bond acceptors (Lipinski definition) is 2. The third kappa shape index (κ3) is 3.90. The molecule has 2 nitrogen and oxygen atoms in total. The molecule has 1 aromatic rings. The van der Waals surface area contributed by atoms with E-state index in [1.807, 2.05) is 6.07 Å². The SMILES string of the molecule is CC1CCC(C(N)c2cccc(OC(F)F)c2)CC1. The summed E-state index contributed by atoms with van der Waals surface area (Å²) >= 11 is 0. The van der Waals surface area contributed by atoms with Gasteiger partial charge in [0, 0.05) is 6.04 Å². The fourth-order valence-corrected chi connectivity index (χ4v) is 2.82. The highest BCUT2D eigenvalue weighted by molar-refractivity contribution is 5.30. The molecule has 0 amide bonds. The molecular weight excluding hydrogens is 248 g/mol. The molecule has 2 N–H and O–H groups in total. The van der Waals surface area contributed by atoms with Crippen LogP contribution in [0.25, 0.3) is 0 Å². The normalized spacial score (nSPS) is 25.3. The van der Waals surface area contributed by atoms with Gasteiger partial charge in [-0.3, -0.25) is 0 Å². The molecule has 0 saturated heterocycles. The summed E-state index contributed by atoms with van der Waals surface area (Å²) in [5, 5.41) is 0. The second-order valence-corrected chi connectivity index (χ2v) is 5.50. The van der Waals surface area contributed by atoms with Crippen LogP contribution in [-0.2, 0) is 0 Å². The Labute approximate surface area is 112 Å². The quantitative estimate of drug-likeness (QED) is 0.892. The largest absolute Gasteiger partial charge is 0.435 e. The van der Waals surface area contributed by atoms with Crippen molar-refractivity contribution in [1.82, 2.24) is 0 Å². The van der Waals surface area contributed by atoms with Crippen molar-refractivity contribution in [3.63, 3.8) is 0 Å². The van der Waals surface area contributed by atoms with Crippen molar-refractivity contribution in [2.45, 2.75) is 45.3 Å². The highest BCUT2D eigenvalue weighted by Gasteiger charge is 2.24. The summed E-state index contributed by atoms with van der Waals surface area (Å²) in [5.74, 6) is 1.40.